The van der Waals surface area contributed by atoms with Gasteiger partial charge in [0.2, 0.25) is 17.7 Å². The number of hydrogen-bond acceptors (Lipinski definition) is 7. The van der Waals surface area contributed by atoms with Crippen molar-refractivity contribution in [2.24, 2.45) is 0 Å². The van der Waals surface area contributed by atoms with Crippen LogP contribution < -0.4 is 21.3 Å². The maximum atomic E-state index is 13.3. The second-order valence-electron chi connectivity index (χ2n) is 12.2. The lowest BCUT2D eigenvalue weighted by molar-refractivity contribution is -0.139. The molecule has 0 bridgehead atoms. The Morgan fingerprint density at radius 2 is 1.77 bits per heavy atom. The normalized spacial score (nSPS) is 17.9. The minimum atomic E-state index is -1.31. The standard InChI is InChI=1S/C37H37N5O6/c1-21-15-16-24(20-28(21)34(45)39-22(2)25-11-5-9-23-8-3-4-10-26(23)25)40-31(43)14-7-19-38-29-13-6-12-27-33(29)37(48)42(36(27)47)30-17-18-32(44)41-35(30)46/h3-6,8-13,15-16,20,22,30,36,38,47H,7,14,17-19H2,1-2H3,(H,39,45)(H,40,43)(H,41,44,46)/t22-,30?,36?/m1/s1. The molecule has 6 rings (SSSR count). The van der Waals surface area contributed by atoms with Crippen LogP contribution in [0.25, 0.3) is 10.8 Å². The summed E-state index contributed by atoms with van der Waals surface area (Å²) < 4.78 is 0. The molecule has 2 aliphatic rings. The molecule has 4 aromatic rings. The Morgan fingerprint density at radius 1 is 1.00 bits per heavy atom. The first kappa shape index (κ1) is 32.4. The molecule has 0 saturated carbocycles. The van der Waals surface area contributed by atoms with Crippen LogP contribution in [-0.4, -0.2) is 52.1 Å². The molecule has 2 aliphatic heterocycles. The van der Waals surface area contributed by atoms with Crippen LogP contribution in [0.5, 0.6) is 0 Å². The average Bonchev–Trinajstić information content (AvgIpc) is 3.33. The lowest BCUT2D eigenvalue weighted by Gasteiger charge is -2.31. The minimum Gasteiger partial charge on any atom is -0.384 e. The van der Waals surface area contributed by atoms with Crippen LogP contribution in [0.4, 0.5) is 11.4 Å². The summed E-state index contributed by atoms with van der Waals surface area (Å²) in [6.45, 7) is 4.16. The van der Waals surface area contributed by atoms with Crippen molar-refractivity contribution in [2.45, 2.75) is 57.8 Å². The van der Waals surface area contributed by atoms with Gasteiger partial charge in [-0.2, -0.15) is 0 Å². The highest BCUT2D eigenvalue weighted by atomic mass is 16.3. The third kappa shape index (κ3) is 6.50. The molecule has 0 spiro atoms. The number of amides is 5. The van der Waals surface area contributed by atoms with Gasteiger partial charge in [0.05, 0.1) is 11.6 Å². The molecule has 11 nitrogen and oxygen atoms in total. The first-order valence-corrected chi connectivity index (χ1v) is 16.0. The van der Waals surface area contributed by atoms with Gasteiger partial charge in [-0.3, -0.25) is 34.2 Å². The van der Waals surface area contributed by atoms with Gasteiger partial charge < -0.3 is 21.1 Å². The molecule has 3 atom stereocenters. The number of aliphatic hydroxyl groups is 1. The number of fused-ring (bicyclic) bond motifs is 2. The zero-order valence-electron chi connectivity index (χ0n) is 26.7. The fourth-order valence-electron chi connectivity index (χ4n) is 6.44. The summed E-state index contributed by atoms with van der Waals surface area (Å²) in [5.41, 5.74) is 3.90. The number of rotatable bonds is 10. The molecule has 0 aliphatic carbocycles. The lowest BCUT2D eigenvalue weighted by atomic mass is 9.99. The van der Waals surface area contributed by atoms with Gasteiger partial charge in [0.1, 0.15) is 6.04 Å². The number of imide groups is 1. The van der Waals surface area contributed by atoms with E-state index in [1.807, 2.05) is 56.3 Å². The highest BCUT2D eigenvalue weighted by Crippen LogP contribution is 2.38. The molecular formula is C37H37N5O6. The molecule has 1 saturated heterocycles. The SMILES string of the molecule is Cc1ccc(NC(=O)CCCNc2cccc3c2C(=O)N(C2CCC(=O)NC2=O)C3O)cc1C(=O)N[C@H](C)c1cccc2ccccc12. The molecule has 0 radical (unpaired) electrons. The highest BCUT2D eigenvalue weighted by Gasteiger charge is 2.45. The van der Waals surface area contributed by atoms with Crippen molar-refractivity contribution in [3.05, 3.63) is 107 Å². The first-order chi connectivity index (χ1) is 23.1. The second-order valence-corrected chi connectivity index (χ2v) is 12.2. The van der Waals surface area contributed by atoms with Crippen LogP contribution >= 0.6 is 0 Å². The molecule has 246 valence electrons. The van der Waals surface area contributed by atoms with Crippen LogP contribution in [0.1, 0.15) is 82.3 Å². The number of nitrogens with one attached hydrogen (secondary N) is 4. The molecule has 5 amide bonds. The van der Waals surface area contributed by atoms with Crippen LogP contribution in [0, 0.1) is 6.92 Å². The van der Waals surface area contributed by atoms with Crippen molar-refractivity contribution in [1.82, 2.24) is 15.5 Å². The monoisotopic (exact) mass is 647 g/mol. The molecule has 1 fully saturated rings. The number of benzene rings is 4. The van der Waals surface area contributed by atoms with Crippen LogP contribution in [-0.2, 0) is 14.4 Å². The fraction of sp³-hybridized carbons (Fsp3) is 0.270. The number of carbonyl (C=O) groups is 5. The second kappa shape index (κ2) is 13.7. The van der Waals surface area contributed by atoms with Crippen LogP contribution in [0.3, 0.4) is 0 Å². The van der Waals surface area contributed by atoms with E-state index in [0.717, 1.165) is 26.8 Å². The summed E-state index contributed by atoms with van der Waals surface area (Å²) in [5.74, 6) is -1.98. The zero-order valence-corrected chi connectivity index (χ0v) is 26.7. The smallest absolute Gasteiger partial charge is 0.259 e. The van der Waals surface area contributed by atoms with E-state index in [1.54, 1.807) is 36.4 Å². The fourth-order valence-corrected chi connectivity index (χ4v) is 6.44. The number of piperidine rings is 1. The Kier molecular flexibility index (Phi) is 9.22. The maximum absolute atomic E-state index is 13.3. The Labute approximate surface area is 277 Å². The molecule has 2 heterocycles. The Balaban J connectivity index is 1.03. The van der Waals surface area contributed by atoms with E-state index in [-0.39, 0.29) is 42.7 Å². The van der Waals surface area contributed by atoms with Gasteiger partial charge in [-0.25, -0.2) is 0 Å². The van der Waals surface area contributed by atoms with Crippen molar-refractivity contribution in [1.29, 1.82) is 0 Å². The number of aliphatic hydroxyl groups excluding tert-OH is 1. The minimum absolute atomic E-state index is 0.0820. The quantitative estimate of drug-likeness (QED) is 0.123. The third-order valence-corrected chi connectivity index (χ3v) is 8.93. The van der Waals surface area contributed by atoms with E-state index in [4.69, 9.17) is 0 Å². The van der Waals surface area contributed by atoms with E-state index in [2.05, 4.69) is 21.3 Å². The largest absolute Gasteiger partial charge is 0.384 e. The zero-order chi connectivity index (χ0) is 33.9. The van der Waals surface area contributed by atoms with Gasteiger partial charge in [-0.1, -0.05) is 60.7 Å². The number of anilines is 2. The molecule has 48 heavy (non-hydrogen) atoms. The van der Waals surface area contributed by atoms with E-state index >= 15 is 0 Å². The van der Waals surface area contributed by atoms with Gasteiger partial charge in [-0.05, 0) is 66.8 Å². The van der Waals surface area contributed by atoms with Gasteiger partial charge in [-0.15, -0.1) is 0 Å². The molecule has 2 unspecified atom stereocenters. The number of aryl methyl sites for hydroxylation is 1. The summed E-state index contributed by atoms with van der Waals surface area (Å²) in [4.78, 5) is 64.6. The highest BCUT2D eigenvalue weighted by molar-refractivity contribution is 6.08. The van der Waals surface area contributed by atoms with Crippen molar-refractivity contribution < 1.29 is 29.1 Å². The van der Waals surface area contributed by atoms with Crippen LogP contribution in [0.2, 0.25) is 0 Å². The van der Waals surface area contributed by atoms with Crippen molar-refractivity contribution >= 4 is 51.7 Å². The maximum Gasteiger partial charge on any atom is 0.259 e. The Hall–Kier alpha value is -5.55. The predicted octanol–water partition coefficient (Wildman–Crippen LogP) is 4.72. The predicted molar refractivity (Wildman–Crippen MR) is 181 cm³/mol. The lowest BCUT2D eigenvalue weighted by Crippen LogP contribution is -2.53. The Morgan fingerprint density at radius 3 is 2.58 bits per heavy atom. The molecule has 11 heteroatoms. The summed E-state index contributed by atoms with van der Waals surface area (Å²) in [6.07, 6.45) is -0.485. The van der Waals surface area contributed by atoms with Crippen molar-refractivity contribution in [3.8, 4) is 0 Å². The van der Waals surface area contributed by atoms with E-state index in [1.165, 1.54) is 0 Å². The number of nitrogens with zero attached hydrogens (tertiary/aromatic N) is 1. The number of hydrogen-bond donors (Lipinski definition) is 5. The number of carbonyl (C=O) groups excluding carboxylic acids is 5. The molecule has 4 aromatic carbocycles. The summed E-state index contributed by atoms with van der Waals surface area (Å²) in [6, 6.07) is 23.1. The van der Waals surface area contributed by atoms with Gasteiger partial charge in [0.15, 0.2) is 6.23 Å². The van der Waals surface area contributed by atoms with Crippen molar-refractivity contribution in [3.63, 3.8) is 0 Å². The van der Waals surface area contributed by atoms with E-state index < -0.39 is 30.0 Å². The summed E-state index contributed by atoms with van der Waals surface area (Å²) >= 11 is 0. The topological polar surface area (TPSA) is 157 Å². The Bertz CT molecular complexity index is 1940. The van der Waals surface area contributed by atoms with Gasteiger partial charge in [0.25, 0.3) is 11.8 Å². The van der Waals surface area contributed by atoms with E-state index in [9.17, 15) is 29.1 Å². The third-order valence-electron chi connectivity index (χ3n) is 8.93. The first-order valence-electron chi connectivity index (χ1n) is 16.0. The molecular weight excluding hydrogens is 610 g/mol. The van der Waals surface area contributed by atoms with Crippen molar-refractivity contribution in [2.75, 3.05) is 17.2 Å². The summed E-state index contributed by atoms with van der Waals surface area (Å²) in [7, 11) is 0. The van der Waals surface area contributed by atoms with Gasteiger partial charge >= 0.3 is 0 Å². The molecule has 0 aromatic heterocycles. The molecule has 5 N–H and O–H groups in total. The average molecular weight is 648 g/mol. The van der Waals surface area contributed by atoms with Gasteiger partial charge in [0, 0.05) is 41.9 Å². The summed E-state index contributed by atoms with van der Waals surface area (Å²) in [5, 5.41) is 24.5. The van der Waals surface area contributed by atoms with Crippen LogP contribution in [0.15, 0.2) is 78.9 Å². The van der Waals surface area contributed by atoms with E-state index in [0.29, 0.717) is 35.5 Å².